The maximum Gasteiger partial charge on any atom is 0.274 e. The molecule has 1 aliphatic carbocycles. The van der Waals surface area contributed by atoms with Crippen molar-refractivity contribution in [1.82, 2.24) is 19.6 Å². The molecule has 0 spiro atoms. The number of carbonyl (C=O) groups excluding carboxylic acids is 3. The van der Waals surface area contributed by atoms with Gasteiger partial charge in [-0.1, -0.05) is 103 Å². The first-order chi connectivity index (χ1) is 22.8. The van der Waals surface area contributed by atoms with Gasteiger partial charge in [-0.3, -0.25) is 19.1 Å². The monoisotopic (exact) mass is 692 g/mol. The van der Waals surface area contributed by atoms with Gasteiger partial charge in [0, 0.05) is 48.9 Å². The van der Waals surface area contributed by atoms with Gasteiger partial charge in [0.25, 0.3) is 5.91 Å². The van der Waals surface area contributed by atoms with Gasteiger partial charge in [0.15, 0.2) is 11.5 Å². The van der Waals surface area contributed by atoms with Crippen LogP contribution >= 0.6 is 11.6 Å². The molecule has 2 atom stereocenters. The molecule has 1 aromatic carbocycles. The van der Waals surface area contributed by atoms with Crippen LogP contribution in [0.5, 0.6) is 0 Å². The van der Waals surface area contributed by atoms with Gasteiger partial charge in [-0.15, -0.1) is 0 Å². The molecular formula is C38H62ClFN4O4. The van der Waals surface area contributed by atoms with Gasteiger partial charge in [-0.25, -0.2) is 4.39 Å². The predicted octanol–water partition coefficient (Wildman–Crippen LogP) is 7.95. The number of alkyl halides is 1. The summed E-state index contributed by atoms with van der Waals surface area (Å²) in [6.45, 7) is 17.6. The van der Waals surface area contributed by atoms with Crippen LogP contribution in [-0.2, 0) is 29.0 Å². The van der Waals surface area contributed by atoms with E-state index in [-0.39, 0.29) is 36.3 Å². The van der Waals surface area contributed by atoms with Crippen LogP contribution < -0.4 is 0 Å². The van der Waals surface area contributed by atoms with E-state index in [4.69, 9.17) is 16.7 Å². The van der Waals surface area contributed by atoms with Gasteiger partial charge in [0.1, 0.15) is 12.8 Å². The Morgan fingerprint density at radius 2 is 1.62 bits per heavy atom. The Balaban J connectivity index is 0.000000426. The molecular weight excluding hydrogens is 631 g/mol. The van der Waals surface area contributed by atoms with E-state index in [0.29, 0.717) is 44.6 Å². The van der Waals surface area contributed by atoms with Crippen molar-refractivity contribution >= 4 is 29.2 Å². The van der Waals surface area contributed by atoms with Gasteiger partial charge in [0.2, 0.25) is 5.91 Å². The second-order valence-corrected chi connectivity index (χ2v) is 13.4. The fourth-order valence-corrected chi connectivity index (χ4v) is 5.45. The fraction of sp³-hybridized carbons (Fsp3) is 0.684. The molecule has 2 heterocycles. The lowest BCUT2D eigenvalue weighted by Crippen LogP contribution is -2.51. The molecule has 2 aliphatic rings. The molecule has 2 aromatic rings. The van der Waals surface area contributed by atoms with Gasteiger partial charge in [-0.05, 0) is 56.7 Å². The molecule has 0 bridgehead atoms. The average Bonchev–Trinajstić information content (AvgIpc) is 3.43. The summed E-state index contributed by atoms with van der Waals surface area (Å²) in [4.78, 5) is 39.0. The third kappa shape index (κ3) is 14.8. The summed E-state index contributed by atoms with van der Waals surface area (Å²) in [6, 6.07) is 5.93. The second-order valence-electron chi connectivity index (χ2n) is 13.0. The van der Waals surface area contributed by atoms with Crippen molar-refractivity contribution < 1.29 is 23.9 Å². The van der Waals surface area contributed by atoms with Crippen molar-refractivity contribution in [1.29, 1.82) is 0 Å². The van der Waals surface area contributed by atoms with E-state index in [1.54, 1.807) is 4.90 Å². The Morgan fingerprint density at radius 3 is 2.12 bits per heavy atom. The number of ketones is 1. The van der Waals surface area contributed by atoms with Crippen molar-refractivity contribution in [3.8, 4) is 0 Å². The van der Waals surface area contributed by atoms with E-state index >= 15 is 0 Å². The number of piperazine rings is 1. The number of nitrogens with zero attached hydrogens (tertiary/aromatic N) is 4. The third-order valence-corrected chi connectivity index (χ3v) is 9.36. The molecule has 48 heavy (non-hydrogen) atoms. The summed E-state index contributed by atoms with van der Waals surface area (Å²) in [7, 11) is 0. The van der Waals surface area contributed by atoms with Crippen LogP contribution in [0.3, 0.4) is 0 Å². The van der Waals surface area contributed by atoms with Crippen molar-refractivity contribution in [3.05, 3.63) is 51.3 Å². The molecule has 1 N–H and O–H groups in total. The topological polar surface area (TPSA) is 95.7 Å². The van der Waals surface area contributed by atoms with Gasteiger partial charge < -0.3 is 14.9 Å². The highest BCUT2D eigenvalue weighted by Gasteiger charge is 2.33. The average molecular weight is 693 g/mol. The van der Waals surface area contributed by atoms with Gasteiger partial charge in [-0.2, -0.15) is 5.10 Å². The van der Waals surface area contributed by atoms with E-state index in [1.807, 2.05) is 19.1 Å². The minimum Gasteiger partial charge on any atom is -0.387 e. The first-order valence-corrected chi connectivity index (χ1v) is 18.3. The molecule has 4 rings (SSSR count). The molecule has 1 fully saturated rings. The summed E-state index contributed by atoms with van der Waals surface area (Å²) in [5, 5.41) is 14.1. The lowest BCUT2D eigenvalue weighted by atomic mass is 9.93. The lowest BCUT2D eigenvalue weighted by Gasteiger charge is -2.34. The van der Waals surface area contributed by atoms with Crippen LogP contribution in [0.15, 0.2) is 18.2 Å². The standard InChI is InChI=1S/C17H23FN4O4.C9H20.C8H9Cl.C4H10/c1-11(24)9-22-14-3-2-12(18)8-13(14)16(19-22)17(26)21-6-4-20(5-7-21)15(25)10-23;1-4-6-7-8-9(3)5-2;1-6-4-3-5-8(9)7(6)2;1-3-4-2/h12,23H,2-10H2,1H3;9H,4-8H2,1-3H3;3-5H,1-2H3;3-4H2,1-2H3. The van der Waals surface area contributed by atoms with Crippen LogP contribution in [0.1, 0.15) is 126 Å². The number of aromatic nitrogens is 2. The number of hydrogen-bond donors (Lipinski definition) is 1. The Bertz CT molecular complexity index is 1240. The second kappa shape index (κ2) is 23.6. The number of fused-ring (bicyclic) bond motifs is 1. The van der Waals surface area contributed by atoms with Crippen LogP contribution in [0.4, 0.5) is 4.39 Å². The summed E-state index contributed by atoms with van der Waals surface area (Å²) in [5.41, 5.74) is 4.02. The molecule has 8 nitrogen and oxygen atoms in total. The van der Waals surface area contributed by atoms with Gasteiger partial charge in [0.05, 0.1) is 6.54 Å². The number of Topliss-reactive ketones (excluding diaryl/α,β-unsaturated/α-hetero) is 1. The zero-order valence-corrected chi connectivity index (χ0v) is 31.7. The Labute approximate surface area is 294 Å². The first kappa shape index (κ1) is 43.2. The predicted molar refractivity (Wildman–Crippen MR) is 195 cm³/mol. The molecule has 0 saturated carbocycles. The molecule has 1 aromatic heterocycles. The third-order valence-electron chi connectivity index (χ3n) is 8.95. The lowest BCUT2D eigenvalue weighted by molar-refractivity contribution is -0.135. The Hall–Kier alpha value is -2.78. The van der Waals surface area contributed by atoms with Crippen molar-refractivity contribution in [2.24, 2.45) is 5.92 Å². The highest BCUT2D eigenvalue weighted by atomic mass is 35.5. The van der Waals surface area contributed by atoms with E-state index in [0.717, 1.165) is 16.6 Å². The molecule has 0 radical (unpaired) electrons. The van der Waals surface area contributed by atoms with Crippen LogP contribution in [-0.4, -0.2) is 81.2 Å². The van der Waals surface area contributed by atoms with Crippen molar-refractivity contribution in [2.75, 3.05) is 32.8 Å². The number of rotatable bonds is 10. The quantitative estimate of drug-likeness (QED) is 0.255. The Morgan fingerprint density at radius 1 is 1.00 bits per heavy atom. The number of benzene rings is 1. The smallest absolute Gasteiger partial charge is 0.274 e. The zero-order valence-electron chi connectivity index (χ0n) is 30.9. The fourth-order valence-electron chi connectivity index (χ4n) is 5.23. The summed E-state index contributed by atoms with van der Waals surface area (Å²) in [5.74, 6) is 0.221. The highest BCUT2D eigenvalue weighted by molar-refractivity contribution is 6.31. The normalized spacial score (nSPS) is 15.9. The largest absolute Gasteiger partial charge is 0.387 e. The summed E-state index contributed by atoms with van der Waals surface area (Å²) >= 11 is 5.81. The van der Waals surface area contributed by atoms with E-state index in [9.17, 15) is 18.8 Å². The molecule has 1 saturated heterocycles. The molecule has 272 valence electrons. The molecule has 10 heteroatoms. The first-order valence-electron chi connectivity index (χ1n) is 18.0. The van der Waals surface area contributed by atoms with E-state index < -0.39 is 12.8 Å². The number of hydrogen-bond acceptors (Lipinski definition) is 5. The minimum absolute atomic E-state index is 0.0747. The highest BCUT2D eigenvalue weighted by Crippen LogP contribution is 2.27. The number of halogens is 2. The molecule has 2 amide bonds. The summed E-state index contributed by atoms with van der Waals surface area (Å²) in [6.07, 6.45) is 9.59. The van der Waals surface area contributed by atoms with E-state index in [2.05, 4.69) is 52.7 Å². The number of carbonyl (C=O) groups is 3. The maximum atomic E-state index is 13.9. The minimum atomic E-state index is -1.01. The molecule has 1 aliphatic heterocycles. The van der Waals surface area contributed by atoms with Crippen LogP contribution in [0.2, 0.25) is 5.02 Å². The number of aryl methyl sites for hydroxylation is 1. The van der Waals surface area contributed by atoms with Crippen LogP contribution in [0.25, 0.3) is 0 Å². The zero-order chi connectivity index (χ0) is 36.2. The van der Waals surface area contributed by atoms with Gasteiger partial charge >= 0.3 is 0 Å². The number of aliphatic hydroxyl groups is 1. The molecule has 2 unspecified atom stereocenters. The Kier molecular flexibility index (Phi) is 21.2. The van der Waals surface area contributed by atoms with Crippen molar-refractivity contribution in [2.45, 2.75) is 132 Å². The van der Waals surface area contributed by atoms with Crippen molar-refractivity contribution in [3.63, 3.8) is 0 Å². The maximum absolute atomic E-state index is 13.9. The summed E-state index contributed by atoms with van der Waals surface area (Å²) < 4.78 is 15.4. The number of amides is 2. The SMILES string of the molecule is CC(=O)Cn1nc(C(=O)N2CCN(C(=O)CO)CC2)c2c1CCC(F)C2.CCCC.CCCCCC(C)CC.Cc1cccc(Cl)c1C. The van der Waals surface area contributed by atoms with Crippen LogP contribution in [0, 0.1) is 19.8 Å². The number of unbranched alkanes of at least 4 members (excludes halogenated alkanes) is 3. The van der Waals surface area contributed by atoms with E-state index in [1.165, 1.54) is 72.6 Å². The number of aliphatic hydroxyl groups excluding tert-OH is 1.